The van der Waals surface area contributed by atoms with Crippen LogP contribution in [0.25, 0.3) is 0 Å². The zero-order valence-corrected chi connectivity index (χ0v) is 8.61. The van der Waals surface area contributed by atoms with Crippen molar-refractivity contribution >= 4 is 0 Å². The Morgan fingerprint density at radius 3 is 2.31 bits per heavy atom. The summed E-state index contributed by atoms with van der Waals surface area (Å²) < 4.78 is 53.5. The average Bonchev–Trinajstić information content (AvgIpc) is 2.03. The fourth-order valence-corrected chi connectivity index (χ4v) is 1.25. The summed E-state index contributed by atoms with van der Waals surface area (Å²) in [6.07, 6.45) is -4.58. The van der Waals surface area contributed by atoms with E-state index in [2.05, 4.69) is 2.81 Å². The molecule has 0 aliphatic rings. The van der Waals surface area contributed by atoms with Crippen LogP contribution in [0.2, 0.25) is 0 Å². The van der Waals surface area contributed by atoms with Gasteiger partial charge in [0.15, 0.2) is 0 Å². The summed E-state index contributed by atoms with van der Waals surface area (Å²) >= 11 is 0.474. The quantitative estimate of drug-likeness (QED) is 0.713. The first kappa shape index (κ1) is 10.7. The molecule has 0 aliphatic carbocycles. The number of benzene rings is 1. The number of halogens is 4. The van der Waals surface area contributed by atoms with Gasteiger partial charge in [-0.25, -0.2) is 0 Å². The first-order chi connectivity index (χ1) is 5.95. The molecule has 1 aromatic carbocycles. The van der Waals surface area contributed by atoms with Crippen molar-refractivity contribution in [2.24, 2.45) is 0 Å². The van der Waals surface area contributed by atoms with Crippen LogP contribution < -0.4 is 2.81 Å². The molecule has 0 saturated heterocycles. The van der Waals surface area contributed by atoms with Crippen molar-refractivity contribution in [2.75, 3.05) is 0 Å². The van der Waals surface area contributed by atoms with Crippen LogP contribution >= 0.6 is 0 Å². The van der Waals surface area contributed by atoms with E-state index < -0.39 is 17.6 Å². The molecular weight excluding hydrogens is 267 g/mol. The van der Waals surface area contributed by atoms with E-state index in [0.29, 0.717) is 31.2 Å². The summed E-state index contributed by atoms with van der Waals surface area (Å²) in [5.41, 5.74) is -1.08. The van der Waals surface area contributed by atoms with Gasteiger partial charge in [0.25, 0.3) is 0 Å². The molecule has 1 nitrogen and oxygen atoms in total. The van der Waals surface area contributed by atoms with Gasteiger partial charge in [-0.3, -0.25) is 0 Å². The Morgan fingerprint density at radius 1 is 1.23 bits per heavy atom. The second kappa shape index (κ2) is 3.78. The molecule has 13 heavy (non-hydrogen) atoms. The van der Waals surface area contributed by atoms with E-state index in [-0.39, 0.29) is 5.75 Å². The fourth-order valence-electron chi connectivity index (χ4n) is 0.813. The molecule has 1 aromatic rings. The van der Waals surface area contributed by atoms with Crippen molar-refractivity contribution in [2.45, 2.75) is 6.18 Å². The normalized spacial score (nSPS) is 11.3. The molecule has 0 atom stereocenters. The van der Waals surface area contributed by atoms with Crippen molar-refractivity contribution in [3.63, 3.8) is 0 Å². The molecule has 0 aromatic heterocycles. The number of hydrogen-bond acceptors (Lipinski definition) is 1. The number of rotatable bonds is 1. The van der Waals surface area contributed by atoms with Crippen LogP contribution in [0.1, 0.15) is 5.56 Å². The predicted molar refractivity (Wildman–Crippen MR) is 32.0 cm³/mol. The van der Waals surface area contributed by atoms with Crippen molar-refractivity contribution in [3.05, 3.63) is 29.6 Å². The first-order valence-electron chi connectivity index (χ1n) is 3.15. The summed E-state index contributed by atoms with van der Waals surface area (Å²) in [6, 6.07) is 2.31. The molecular formula is C7H3F4OZr. The van der Waals surface area contributed by atoms with E-state index >= 15 is 0 Å². The molecule has 0 unspecified atom stereocenters. The van der Waals surface area contributed by atoms with E-state index in [4.69, 9.17) is 0 Å². The Morgan fingerprint density at radius 2 is 1.85 bits per heavy atom. The van der Waals surface area contributed by atoms with Gasteiger partial charge < -0.3 is 0 Å². The Labute approximate surface area is 87.2 Å². The summed E-state index contributed by atoms with van der Waals surface area (Å²) in [6.45, 7) is 0. The third-order valence-electron chi connectivity index (χ3n) is 1.36. The summed E-state index contributed by atoms with van der Waals surface area (Å²) in [4.78, 5) is 0. The van der Waals surface area contributed by atoms with E-state index in [1.54, 1.807) is 0 Å². The Kier molecular flexibility index (Phi) is 3.11. The summed E-state index contributed by atoms with van der Waals surface area (Å²) in [7, 11) is 0. The van der Waals surface area contributed by atoms with Gasteiger partial charge in [-0.2, -0.15) is 0 Å². The van der Waals surface area contributed by atoms with Crippen molar-refractivity contribution in [1.29, 1.82) is 0 Å². The molecule has 0 amide bonds. The van der Waals surface area contributed by atoms with Crippen molar-refractivity contribution in [1.82, 2.24) is 0 Å². The third kappa shape index (κ3) is 2.53. The van der Waals surface area contributed by atoms with Crippen molar-refractivity contribution in [3.8, 4) is 5.75 Å². The van der Waals surface area contributed by atoms with Crippen LogP contribution in [0.4, 0.5) is 17.6 Å². The van der Waals surface area contributed by atoms with Gasteiger partial charge in [0, 0.05) is 0 Å². The maximum absolute atomic E-state index is 12.5. The van der Waals surface area contributed by atoms with E-state index in [9.17, 15) is 17.6 Å². The zero-order valence-electron chi connectivity index (χ0n) is 6.15. The molecule has 0 heterocycles. The minimum absolute atomic E-state index is 0.341. The second-order valence-corrected chi connectivity index (χ2v) is 2.74. The van der Waals surface area contributed by atoms with E-state index in [0.717, 1.165) is 12.1 Å². The van der Waals surface area contributed by atoms with Gasteiger partial charge in [-0.15, -0.1) is 0 Å². The first-order valence-corrected chi connectivity index (χ1v) is 4.16. The van der Waals surface area contributed by atoms with Crippen molar-refractivity contribution < 1.29 is 45.5 Å². The van der Waals surface area contributed by atoms with Gasteiger partial charge in [0.2, 0.25) is 0 Å². The van der Waals surface area contributed by atoms with E-state index in [1.165, 1.54) is 0 Å². The SMILES string of the molecule is Fc1ccc([O][Zr])c(C(F)(F)F)c1. The van der Waals surface area contributed by atoms with E-state index in [1.807, 2.05) is 0 Å². The summed E-state index contributed by atoms with van der Waals surface area (Å²) in [5.74, 6) is -1.27. The van der Waals surface area contributed by atoms with Crippen LogP contribution in [0, 0.1) is 5.82 Å². The van der Waals surface area contributed by atoms with Crippen LogP contribution in [-0.2, 0) is 31.3 Å². The van der Waals surface area contributed by atoms with Gasteiger partial charge >= 0.3 is 87.0 Å². The Hall–Kier alpha value is -0.377. The maximum atomic E-state index is 12.5. The number of alkyl halides is 3. The second-order valence-electron chi connectivity index (χ2n) is 2.24. The molecule has 6 heteroatoms. The molecule has 0 aliphatic heterocycles. The van der Waals surface area contributed by atoms with Gasteiger partial charge in [-0.05, 0) is 0 Å². The zero-order chi connectivity index (χ0) is 10.1. The molecule has 69 valence electrons. The molecule has 0 spiro atoms. The Balaban J connectivity index is 3.24. The molecule has 0 fully saturated rings. The fraction of sp³-hybridized carbons (Fsp3) is 0.143. The van der Waals surface area contributed by atoms with Gasteiger partial charge in [-0.1, -0.05) is 0 Å². The predicted octanol–water partition coefficient (Wildman–Crippen LogP) is 2.69. The molecule has 0 radical (unpaired) electrons. The molecule has 1 rings (SSSR count). The molecule has 0 bridgehead atoms. The summed E-state index contributed by atoms with van der Waals surface area (Å²) in [5, 5.41) is 0. The number of hydrogen-bond donors (Lipinski definition) is 0. The molecule has 0 saturated carbocycles. The van der Waals surface area contributed by atoms with Gasteiger partial charge in [0.1, 0.15) is 0 Å². The topological polar surface area (TPSA) is 9.23 Å². The standard InChI is InChI=1S/C7H4F4O.Zr/c8-4-1-2-6(12)5(3-4)7(9,10)11;/h1-3,12H;/q;+1/p-1. The minimum atomic E-state index is -4.58. The van der Waals surface area contributed by atoms with Gasteiger partial charge in [0.05, 0.1) is 0 Å². The van der Waals surface area contributed by atoms with Crippen LogP contribution in [-0.4, -0.2) is 0 Å². The van der Waals surface area contributed by atoms with Crippen LogP contribution in [0.5, 0.6) is 5.75 Å². The van der Waals surface area contributed by atoms with Crippen LogP contribution in [0.15, 0.2) is 18.2 Å². The average molecular weight is 270 g/mol. The third-order valence-corrected chi connectivity index (χ3v) is 1.90. The molecule has 0 N–H and O–H groups in total. The monoisotopic (exact) mass is 269 g/mol. The Bertz CT molecular complexity index is 310. The van der Waals surface area contributed by atoms with Crippen LogP contribution in [0.3, 0.4) is 0 Å².